The van der Waals surface area contributed by atoms with Crippen LogP contribution in [-0.2, 0) is 11.3 Å². The first-order chi connectivity index (χ1) is 7.34. The van der Waals surface area contributed by atoms with E-state index in [9.17, 15) is 4.39 Å². The molecule has 0 radical (unpaired) electrons. The number of nitrogens with one attached hydrogen (secondary N) is 1. The van der Waals surface area contributed by atoms with E-state index in [2.05, 4.69) is 10.3 Å². The molecule has 0 amide bonds. The lowest BCUT2D eigenvalue weighted by Crippen LogP contribution is -2.32. The lowest BCUT2D eigenvalue weighted by molar-refractivity contribution is 0.0210. The van der Waals surface area contributed by atoms with E-state index in [-0.39, 0.29) is 5.82 Å². The molecule has 0 unspecified atom stereocenters. The predicted octanol–water partition coefficient (Wildman–Crippen LogP) is 1.49. The molecular formula is C11H15FN2O. The van der Waals surface area contributed by atoms with Gasteiger partial charge in [-0.2, -0.15) is 0 Å². The van der Waals surface area contributed by atoms with Gasteiger partial charge in [-0.25, -0.2) is 4.39 Å². The van der Waals surface area contributed by atoms with Gasteiger partial charge in [0.05, 0.1) is 18.9 Å². The molecule has 1 aromatic heterocycles. The van der Waals surface area contributed by atoms with Crippen molar-refractivity contribution in [2.45, 2.75) is 25.6 Å². The van der Waals surface area contributed by atoms with Crippen molar-refractivity contribution in [3.05, 3.63) is 29.8 Å². The average molecular weight is 210 g/mol. The zero-order valence-electron chi connectivity index (χ0n) is 8.58. The summed E-state index contributed by atoms with van der Waals surface area (Å²) in [5.41, 5.74) is 0.800. The summed E-state index contributed by atoms with van der Waals surface area (Å²) in [6, 6.07) is 1.47. The Morgan fingerprint density at radius 1 is 1.40 bits per heavy atom. The summed E-state index contributed by atoms with van der Waals surface area (Å²) in [7, 11) is 0. The first-order valence-corrected chi connectivity index (χ1v) is 5.26. The maximum absolute atomic E-state index is 12.8. The molecule has 82 valence electrons. The van der Waals surface area contributed by atoms with Gasteiger partial charge in [0.15, 0.2) is 0 Å². The standard InChI is InChI=1S/C11H15FN2O/c12-10-5-9(6-14-7-10)8-15-11-1-3-13-4-2-11/h5-7,11,13H,1-4,8H2. The lowest BCUT2D eigenvalue weighted by atomic mass is 10.1. The first-order valence-electron chi connectivity index (χ1n) is 5.26. The fourth-order valence-electron chi connectivity index (χ4n) is 1.71. The Labute approximate surface area is 88.7 Å². The van der Waals surface area contributed by atoms with Crippen LogP contribution in [0, 0.1) is 5.82 Å². The molecule has 0 aromatic carbocycles. The summed E-state index contributed by atoms with van der Waals surface area (Å²) in [5.74, 6) is -0.304. The number of piperidine rings is 1. The van der Waals surface area contributed by atoms with E-state index < -0.39 is 0 Å². The molecule has 3 nitrogen and oxygen atoms in total. The van der Waals surface area contributed by atoms with Crippen LogP contribution in [0.4, 0.5) is 4.39 Å². The summed E-state index contributed by atoms with van der Waals surface area (Å²) in [4.78, 5) is 3.78. The Morgan fingerprint density at radius 3 is 2.93 bits per heavy atom. The molecule has 2 heterocycles. The van der Waals surface area contributed by atoms with Gasteiger partial charge in [-0.15, -0.1) is 0 Å². The molecule has 4 heteroatoms. The first kappa shape index (κ1) is 10.5. The molecule has 0 atom stereocenters. The van der Waals surface area contributed by atoms with Gasteiger partial charge in [0.2, 0.25) is 0 Å². The average Bonchev–Trinajstić information content (AvgIpc) is 2.28. The van der Waals surface area contributed by atoms with Crippen molar-refractivity contribution >= 4 is 0 Å². The van der Waals surface area contributed by atoms with Crippen LogP contribution >= 0.6 is 0 Å². The van der Waals surface area contributed by atoms with Gasteiger partial charge in [-0.05, 0) is 37.6 Å². The smallest absolute Gasteiger partial charge is 0.141 e. The number of nitrogens with zero attached hydrogens (tertiary/aromatic N) is 1. The van der Waals surface area contributed by atoms with Gasteiger partial charge >= 0.3 is 0 Å². The second-order valence-corrected chi connectivity index (χ2v) is 3.77. The number of hydrogen-bond acceptors (Lipinski definition) is 3. The summed E-state index contributed by atoms with van der Waals surface area (Å²) >= 11 is 0. The second-order valence-electron chi connectivity index (χ2n) is 3.77. The molecule has 1 N–H and O–H groups in total. The summed E-state index contributed by atoms with van der Waals surface area (Å²) < 4.78 is 18.5. The van der Waals surface area contributed by atoms with E-state index in [0.717, 1.165) is 31.5 Å². The van der Waals surface area contributed by atoms with E-state index in [1.165, 1.54) is 12.3 Å². The minimum absolute atomic E-state index is 0.300. The maximum atomic E-state index is 12.8. The van der Waals surface area contributed by atoms with Crippen molar-refractivity contribution in [2.24, 2.45) is 0 Å². The van der Waals surface area contributed by atoms with E-state index in [0.29, 0.717) is 12.7 Å². The highest BCUT2D eigenvalue weighted by Crippen LogP contribution is 2.11. The quantitative estimate of drug-likeness (QED) is 0.820. The van der Waals surface area contributed by atoms with Crippen molar-refractivity contribution < 1.29 is 9.13 Å². The fourth-order valence-corrected chi connectivity index (χ4v) is 1.71. The number of ether oxygens (including phenoxy) is 1. The number of rotatable bonds is 3. The fraction of sp³-hybridized carbons (Fsp3) is 0.545. The molecule has 1 aromatic rings. The van der Waals surface area contributed by atoms with E-state index >= 15 is 0 Å². The molecule has 1 aliphatic heterocycles. The number of pyridine rings is 1. The molecule has 1 fully saturated rings. The van der Waals surface area contributed by atoms with Crippen LogP contribution in [0.3, 0.4) is 0 Å². The molecule has 0 bridgehead atoms. The van der Waals surface area contributed by atoms with E-state index in [1.807, 2.05) is 0 Å². The van der Waals surface area contributed by atoms with Gasteiger partial charge < -0.3 is 10.1 Å². The lowest BCUT2D eigenvalue weighted by Gasteiger charge is -2.22. The van der Waals surface area contributed by atoms with Gasteiger partial charge in [-0.3, -0.25) is 4.98 Å². The second kappa shape index (κ2) is 5.19. The van der Waals surface area contributed by atoms with Crippen LogP contribution in [0.25, 0.3) is 0 Å². The minimum Gasteiger partial charge on any atom is -0.373 e. The van der Waals surface area contributed by atoms with Crippen molar-refractivity contribution in [1.29, 1.82) is 0 Å². The third-order valence-electron chi connectivity index (χ3n) is 2.53. The van der Waals surface area contributed by atoms with E-state index in [1.54, 1.807) is 6.20 Å². The third-order valence-corrected chi connectivity index (χ3v) is 2.53. The number of halogens is 1. The molecule has 0 spiro atoms. The normalized spacial score (nSPS) is 17.9. The van der Waals surface area contributed by atoms with Crippen LogP contribution in [0.1, 0.15) is 18.4 Å². The highest BCUT2D eigenvalue weighted by Gasteiger charge is 2.13. The van der Waals surface area contributed by atoms with Crippen molar-refractivity contribution in [2.75, 3.05) is 13.1 Å². The SMILES string of the molecule is Fc1cncc(COC2CCNCC2)c1. The molecule has 0 aliphatic carbocycles. The third kappa shape index (κ3) is 3.25. The maximum Gasteiger partial charge on any atom is 0.141 e. The summed E-state index contributed by atoms with van der Waals surface area (Å²) in [6.07, 6.45) is 5.21. The van der Waals surface area contributed by atoms with Crippen LogP contribution < -0.4 is 5.32 Å². The predicted molar refractivity (Wildman–Crippen MR) is 54.9 cm³/mol. The highest BCUT2D eigenvalue weighted by molar-refractivity contribution is 5.08. The molecular weight excluding hydrogens is 195 g/mol. The van der Waals surface area contributed by atoms with Crippen molar-refractivity contribution in [3.63, 3.8) is 0 Å². The van der Waals surface area contributed by atoms with Crippen LogP contribution in [0.15, 0.2) is 18.5 Å². The Kier molecular flexibility index (Phi) is 3.64. The van der Waals surface area contributed by atoms with Crippen molar-refractivity contribution in [1.82, 2.24) is 10.3 Å². The van der Waals surface area contributed by atoms with E-state index in [4.69, 9.17) is 4.74 Å². The molecule has 0 saturated carbocycles. The van der Waals surface area contributed by atoms with Crippen LogP contribution in [-0.4, -0.2) is 24.2 Å². The Bertz CT molecular complexity index is 313. The Morgan fingerprint density at radius 2 is 2.20 bits per heavy atom. The summed E-state index contributed by atoms with van der Waals surface area (Å²) in [6.45, 7) is 2.47. The molecule has 1 saturated heterocycles. The van der Waals surface area contributed by atoms with Crippen LogP contribution in [0.2, 0.25) is 0 Å². The van der Waals surface area contributed by atoms with Gasteiger partial charge in [0.25, 0.3) is 0 Å². The van der Waals surface area contributed by atoms with Gasteiger partial charge in [-0.1, -0.05) is 0 Å². The zero-order chi connectivity index (χ0) is 10.5. The molecule has 1 aliphatic rings. The molecule has 15 heavy (non-hydrogen) atoms. The number of hydrogen-bond donors (Lipinski definition) is 1. The largest absolute Gasteiger partial charge is 0.373 e. The zero-order valence-corrected chi connectivity index (χ0v) is 8.58. The molecule has 2 rings (SSSR count). The summed E-state index contributed by atoms with van der Waals surface area (Å²) in [5, 5.41) is 3.27. The van der Waals surface area contributed by atoms with Crippen molar-refractivity contribution in [3.8, 4) is 0 Å². The minimum atomic E-state index is -0.304. The number of aromatic nitrogens is 1. The van der Waals surface area contributed by atoms with Crippen LogP contribution in [0.5, 0.6) is 0 Å². The monoisotopic (exact) mass is 210 g/mol. The van der Waals surface area contributed by atoms with Gasteiger partial charge in [0.1, 0.15) is 5.82 Å². The topological polar surface area (TPSA) is 34.1 Å². The Balaban J connectivity index is 1.81. The highest BCUT2D eigenvalue weighted by atomic mass is 19.1. The Hall–Kier alpha value is -1.00. The van der Waals surface area contributed by atoms with Gasteiger partial charge in [0, 0.05) is 6.20 Å².